The molecule has 2 aromatic rings. The average molecular weight is 330 g/mol. The quantitative estimate of drug-likeness (QED) is 0.869. The van der Waals surface area contributed by atoms with Crippen molar-refractivity contribution in [3.63, 3.8) is 0 Å². The van der Waals surface area contributed by atoms with Crippen LogP contribution in [0.4, 0.5) is 0 Å². The Bertz CT molecular complexity index is 791. The number of hydrogen-bond acceptors (Lipinski definition) is 5. The van der Waals surface area contributed by atoms with E-state index in [2.05, 4.69) is 20.4 Å². The van der Waals surface area contributed by atoms with E-state index in [0.29, 0.717) is 24.7 Å². The molecule has 2 N–H and O–H groups in total. The fourth-order valence-electron chi connectivity index (χ4n) is 2.83. The summed E-state index contributed by atoms with van der Waals surface area (Å²) in [4.78, 5) is 31.4. The maximum absolute atomic E-state index is 12.3. The van der Waals surface area contributed by atoms with Crippen molar-refractivity contribution in [1.82, 2.24) is 20.4 Å². The van der Waals surface area contributed by atoms with E-state index in [1.54, 1.807) is 6.07 Å². The van der Waals surface area contributed by atoms with Gasteiger partial charge in [-0.1, -0.05) is 19.0 Å². The van der Waals surface area contributed by atoms with Crippen LogP contribution in [0.15, 0.2) is 15.4 Å². The molecule has 0 radical (unpaired) electrons. The standard InChI is InChI=1S/C17H22N4O3/c1-10(2)15-20-14(24-21-15)7-8-18-16(22)12-9-11-5-3-4-6-13(11)19-17(12)23/h9-10H,3-8H2,1-2H3,(H,18,22)(H,19,23). The number of hydrogen-bond donors (Lipinski definition) is 2. The summed E-state index contributed by atoms with van der Waals surface area (Å²) in [6, 6.07) is 1.73. The fraction of sp³-hybridized carbons (Fsp3) is 0.529. The predicted molar refractivity (Wildman–Crippen MR) is 88.1 cm³/mol. The van der Waals surface area contributed by atoms with Gasteiger partial charge in [0.25, 0.3) is 11.5 Å². The zero-order chi connectivity index (χ0) is 17.1. The fourth-order valence-corrected chi connectivity index (χ4v) is 2.83. The maximum Gasteiger partial charge on any atom is 0.261 e. The van der Waals surface area contributed by atoms with Gasteiger partial charge in [-0.05, 0) is 37.3 Å². The summed E-state index contributed by atoms with van der Waals surface area (Å²) < 4.78 is 5.13. The van der Waals surface area contributed by atoms with Crippen LogP contribution < -0.4 is 10.9 Å². The number of fused-ring (bicyclic) bond motifs is 1. The summed E-state index contributed by atoms with van der Waals surface area (Å²) in [6.07, 6.45) is 4.40. The van der Waals surface area contributed by atoms with E-state index in [9.17, 15) is 9.59 Å². The van der Waals surface area contributed by atoms with Crippen LogP contribution in [0.1, 0.15) is 65.9 Å². The van der Waals surface area contributed by atoms with Gasteiger partial charge >= 0.3 is 0 Å². The molecule has 0 spiro atoms. The van der Waals surface area contributed by atoms with E-state index in [1.165, 1.54) is 0 Å². The normalized spacial score (nSPS) is 13.8. The average Bonchev–Trinajstić information content (AvgIpc) is 3.03. The smallest absolute Gasteiger partial charge is 0.261 e. The first-order valence-electron chi connectivity index (χ1n) is 8.40. The monoisotopic (exact) mass is 330 g/mol. The van der Waals surface area contributed by atoms with E-state index in [4.69, 9.17) is 4.52 Å². The van der Waals surface area contributed by atoms with Gasteiger partial charge < -0.3 is 14.8 Å². The molecule has 0 bridgehead atoms. The van der Waals surface area contributed by atoms with E-state index >= 15 is 0 Å². The number of carbonyl (C=O) groups is 1. The van der Waals surface area contributed by atoms with Crippen molar-refractivity contribution in [2.75, 3.05) is 6.54 Å². The number of rotatable bonds is 5. The minimum absolute atomic E-state index is 0.170. The Morgan fingerprint density at radius 1 is 1.38 bits per heavy atom. The number of carbonyl (C=O) groups excluding carboxylic acids is 1. The summed E-state index contributed by atoms with van der Waals surface area (Å²) in [5, 5.41) is 6.63. The molecule has 7 heteroatoms. The van der Waals surface area contributed by atoms with Crippen molar-refractivity contribution in [2.45, 2.75) is 51.9 Å². The summed E-state index contributed by atoms with van der Waals surface area (Å²) in [5.74, 6) is 0.972. The van der Waals surface area contributed by atoms with Gasteiger partial charge in [0.1, 0.15) is 5.56 Å². The number of aromatic nitrogens is 3. The second-order valence-electron chi connectivity index (χ2n) is 6.43. The Kier molecular flexibility index (Phi) is 4.78. The van der Waals surface area contributed by atoms with Gasteiger partial charge in [-0.25, -0.2) is 0 Å². The van der Waals surface area contributed by atoms with Crippen molar-refractivity contribution < 1.29 is 9.32 Å². The van der Waals surface area contributed by atoms with Gasteiger partial charge in [0.05, 0.1) is 0 Å². The Balaban J connectivity index is 1.61. The molecule has 0 saturated carbocycles. The molecular weight excluding hydrogens is 308 g/mol. The highest BCUT2D eigenvalue weighted by Gasteiger charge is 2.17. The molecule has 0 atom stereocenters. The van der Waals surface area contributed by atoms with E-state index in [1.807, 2.05) is 13.8 Å². The van der Waals surface area contributed by atoms with Crippen molar-refractivity contribution in [1.29, 1.82) is 0 Å². The molecule has 24 heavy (non-hydrogen) atoms. The number of H-pyrrole nitrogens is 1. The molecule has 0 unspecified atom stereocenters. The molecule has 0 saturated heterocycles. The van der Waals surface area contributed by atoms with E-state index < -0.39 is 0 Å². The van der Waals surface area contributed by atoms with Crippen molar-refractivity contribution >= 4 is 5.91 Å². The van der Waals surface area contributed by atoms with Crippen LogP contribution in [0.2, 0.25) is 0 Å². The molecule has 7 nitrogen and oxygen atoms in total. The molecule has 3 rings (SSSR count). The second-order valence-corrected chi connectivity index (χ2v) is 6.43. The number of amides is 1. The summed E-state index contributed by atoms with van der Waals surface area (Å²) in [6.45, 7) is 4.31. The SMILES string of the molecule is CC(C)c1noc(CCNC(=O)c2cc3c([nH]c2=O)CCCC3)n1. The van der Waals surface area contributed by atoms with Crippen LogP contribution in [0.3, 0.4) is 0 Å². The molecule has 0 aliphatic heterocycles. The molecule has 1 aliphatic carbocycles. The number of pyridine rings is 1. The highest BCUT2D eigenvalue weighted by Crippen LogP contribution is 2.18. The van der Waals surface area contributed by atoms with Crippen LogP contribution in [-0.4, -0.2) is 27.6 Å². The van der Waals surface area contributed by atoms with Crippen LogP contribution in [-0.2, 0) is 19.3 Å². The summed E-state index contributed by atoms with van der Waals surface area (Å²) in [5.41, 5.74) is 1.89. The zero-order valence-corrected chi connectivity index (χ0v) is 14.0. The lowest BCUT2D eigenvalue weighted by molar-refractivity contribution is 0.0951. The first-order chi connectivity index (χ1) is 11.5. The van der Waals surface area contributed by atoms with Gasteiger partial charge in [-0.3, -0.25) is 9.59 Å². The first-order valence-corrected chi connectivity index (χ1v) is 8.40. The minimum Gasteiger partial charge on any atom is -0.351 e. The van der Waals surface area contributed by atoms with E-state index in [-0.39, 0.29) is 22.9 Å². The van der Waals surface area contributed by atoms with Gasteiger partial charge in [-0.15, -0.1) is 0 Å². The molecule has 0 fully saturated rings. The predicted octanol–water partition coefficient (Wildman–Crippen LogP) is 1.73. The van der Waals surface area contributed by atoms with Gasteiger partial charge in [0.15, 0.2) is 5.82 Å². The molecule has 2 aromatic heterocycles. The van der Waals surface area contributed by atoms with Crippen LogP contribution in [0, 0.1) is 0 Å². The minimum atomic E-state index is -0.367. The largest absolute Gasteiger partial charge is 0.351 e. The highest BCUT2D eigenvalue weighted by molar-refractivity contribution is 5.94. The molecule has 128 valence electrons. The topological polar surface area (TPSA) is 101 Å². The Hall–Kier alpha value is -2.44. The highest BCUT2D eigenvalue weighted by atomic mass is 16.5. The molecule has 2 heterocycles. The second kappa shape index (κ2) is 6.98. The van der Waals surface area contributed by atoms with Crippen molar-refractivity contribution in [3.8, 4) is 0 Å². The van der Waals surface area contributed by atoms with Gasteiger partial charge in [0, 0.05) is 24.6 Å². The summed E-state index contributed by atoms with van der Waals surface area (Å²) >= 11 is 0. The molecule has 1 amide bonds. The van der Waals surface area contributed by atoms with Crippen molar-refractivity contribution in [3.05, 3.63) is 45.0 Å². The molecular formula is C17H22N4O3. The van der Waals surface area contributed by atoms with Crippen molar-refractivity contribution in [2.24, 2.45) is 0 Å². The summed E-state index contributed by atoms with van der Waals surface area (Å²) in [7, 11) is 0. The van der Waals surface area contributed by atoms with Crippen LogP contribution in [0.25, 0.3) is 0 Å². The zero-order valence-electron chi connectivity index (χ0n) is 14.0. The number of nitrogens with one attached hydrogen (secondary N) is 2. The third-order valence-electron chi connectivity index (χ3n) is 4.21. The Morgan fingerprint density at radius 2 is 2.17 bits per heavy atom. The maximum atomic E-state index is 12.3. The third-order valence-corrected chi connectivity index (χ3v) is 4.21. The molecule has 0 aromatic carbocycles. The van der Waals surface area contributed by atoms with Gasteiger partial charge in [-0.2, -0.15) is 4.98 Å². The lowest BCUT2D eigenvalue weighted by Gasteiger charge is -2.15. The van der Waals surface area contributed by atoms with Crippen LogP contribution >= 0.6 is 0 Å². The number of aromatic amines is 1. The number of aryl methyl sites for hydroxylation is 2. The van der Waals surface area contributed by atoms with E-state index in [0.717, 1.165) is 36.9 Å². The lowest BCUT2D eigenvalue weighted by atomic mass is 9.95. The first kappa shape index (κ1) is 16.4. The Labute approximate surface area is 139 Å². The van der Waals surface area contributed by atoms with Crippen LogP contribution in [0.5, 0.6) is 0 Å². The third kappa shape index (κ3) is 3.55. The number of nitrogens with zero attached hydrogens (tertiary/aromatic N) is 2. The lowest BCUT2D eigenvalue weighted by Crippen LogP contribution is -2.32. The van der Waals surface area contributed by atoms with Gasteiger partial charge in [0.2, 0.25) is 5.89 Å². The Morgan fingerprint density at radius 3 is 2.92 bits per heavy atom. The molecule has 1 aliphatic rings.